The number of benzene rings is 2. The summed E-state index contributed by atoms with van der Waals surface area (Å²) in [5.74, 6) is -3.21. The third-order valence-corrected chi connectivity index (χ3v) is 9.05. The van der Waals surface area contributed by atoms with Gasteiger partial charge < -0.3 is 25.6 Å². The van der Waals surface area contributed by atoms with Crippen molar-refractivity contribution in [3.63, 3.8) is 0 Å². The lowest BCUT2D eigenvalue weighted by Gasteiger charge is -2.36. The molecule has 2 heterocycles. The van der Waals surface area contributed by atoms with Crippen LogP contribution in [0.1, 0.15) is 57.7 Å². The molecule has 0 bridgehead atoms. The van der Waals surface area contributed by atoms with E-state index in [0.717, 1.165) is 35.2 Å². The molecule has 55 heavy (non-hydrogen) atoms. The Morgan fingerprint density at radius 1 is 1.00 bits per heavy atom. The molecular weight excluding hydrogens is 725 g/mol. The van der Waals surface area contributed by atoms with Gasteiger partial charge in [-0.3, -0.25) is 29.5 Å². The summed E-state index contributed by atoms with van der Waals surface area (Å²) in [5.41, 5.74) is 9.72. The fraction of sp³-hybridized carbons (Fsp3) is 0.421. The molecule has 296 valence electrons. The topological polar surface area (TPSA) is 210 Å². The van der Waals surface area contributed by atoms with Gasteiger partial charge in [-0.1, -0.05) is 24.3 Å². The number of fused-ring (bicyclic) bond motifs is 1. The number of nitrogens with zero attached hydrogens (tertiary/aromatic N) is 2. The lowest BCUT2D eigenvalue weighted by atomic mass is 9.81. The number of hydrogen-bond acceptors (Lipinski definition) is 8. The van der Waals surface area contributed by atoms with Crippen LogP contribution in [0, 0.1) is 18.8 Å². The van der Waals surface area contributed by atoms with Gasteiger partial charge in [-0.05, 0) is 94.7 Å². The fourth-order valence-corrected chi connectivity index (χ4v) is 6.31. The van der Waals surface area contributed by atoms with Crippen molar-refractivity contribution in [2.24, 2.45) is 17.6 Å². The third-order valence-electron chi connectivity index (χ3n) is 9.05. The van der Waals surface area contributed by atoms with Crippen LogP contribution in [0.15, 0.2) is 59.4 Å². The Hall–Kier alpha value is -5.87. The number of nitrogens with one attached hydrogen (secondary N) is 3. The van der Waals surface area contributed by atoms with Gasteiger partial charge in [0.15, 0.2) is 0 Å². The molecule has 14 nitrogen and oxygen atoms in total. The van der Waals surface area contributed by atoms with Crippen molar-refractivity contribution in [3.05, 3.63) is 76.2 Å². The normalized spacial score (nSPS) is 16.3. The molecule has 0 aliphatic heterocycles. The average Bonchev–Trinajstić information content (AvgIpc) is 3.49. The van der Waals surface area contributed by atoms with E-state index >= 15 is 0 Å². The second-order valence-electron chi connectivity index (χ2n) is 14.2. The van der Waals surface area contributed by atoms with Crippen molar-refractivity contribution < 1.29 is 46.9 Å². The van der Waals surface area contributed by atoms with Crippen molar-refractivity contribution in [1.29, 1.82) is 0 Å². The largest absolute Gasteiger partial charge is 0.490 e. The van der Waals surface area contributed by atoms with Gasteiger partial charge in [-0.15, -0.1) is 0 Å². The predicted octanol–water partition coefficient (Wildman–Crippen LogP) is 5.63. The van der Waals surface area contributed by atoms with Crippen LogP contribution >= 0.6 is 0 Å². The van der Waals surface area contributed by atoms with Gasteiger partial charge in [0.05, 0.1) is 18.0 Å². The zero-order chi connectivity index (χ0) is 40.7. The number of nitrogens with two attached hydrogens (primary N) is 1. The number of alkyl halides is 3. The average molecular weight is 771 g/mol. The monoisotopic (exact) mass is 770 g/mol. The van der Waals surface area contributed by atoms with E-state index in [1.807, 2.05) is 64.1 Å². The number of primary amides is 1. The Bertz CT molecular complexity index is 2050. The van der Waals surface area contributed by atoms with E-state index in [1.54, 1.807) is 25.3 Å². The first-order valence-electron chi connectivity index (χ1n) is 17.5. The van der Waals surface area contributed by atoms with Crippen LogP contribution in [0.4, 0.5) is 23.7 Å². The maximum absolute atomic E-state index is 14.4. The minimum atomic E-state index is -5.08. The van der Waals surface area contributed by atoms with E-state index in [4.69, 9.17) is 25.1 Å². The second-order valence-corrected chi connectivity index (χ2v) is 14.2. The number of carboxylic acids is 1. The number of aliphatic carboxylic acids is 1. The number of carbonyl (C=O) groups excluding carboxylic acids is 3. The van der Waals surface area contributed by atoms with E-state index in [0.29, 0.717) is 41.9 Å². The minimum Gasteiger partial charge on any atom is -0.481 e. The number of hydrogen-bond donors (Lipinski definition) is 5. The summed E-state index contributed by atoms with van der Waals surface area (Å²) in [6.45, 7) is 7.82. The molecule has 0 spiro atoms. The van der Waals surface area contributed by atoms with Crippen molar-refractivity contribution in [2.75, 3.05) is 18.6 Å². The maximum Gasteiger partial charge on any atom is 0.490 e. The Morgan fingerprint density at radius 3 is 2.18 bits per heavy atom. The molecule has 17 heteroatoms. The van der Waals surface area contributed by atoms with E-state index in [-0.39, 0.29) is 29.7 Å². The Morgan fingerprint density at radius 2 is 1.64 bits per heavy atom. The van der Waals surface area contributed by atoms with Gasteiger partial charge in [0.25, 0.3) is 5.56 Å². The highest BCUT2D eigenvalue weighted by atomic mass is 19.4. The first kappa shape index (κ1) is 41.9. The number of carboxylic acid groups (broad SMARTS) is 1. The molecule has 5 rings (SSSR count). The van der Waals surface area contributed by atoms with E-state index < -0.39 is 35.8 Å². The van der Waals surface area contributed by atoms with Crippen LogP contribution in [-0.2, 0) is 25.5 Å². The van der Waals surface area contributed by atoms with E-state index in [1.165, 1.54) is 4.90 Å². The number of methoxy groups -OCH3 is 1. The van der Waals surface area contributed by atoms with Crippen LogP contribution in [-0.4, -0.2) is 75.6 Å². The molecule has 1 fully saturated rings. The number of ether oxygens (including phenoxy) is 2. The van der Waals surface area contributed by atoms with Crippen LogP contribution in [0.3, 0.4) is 0 Å². The summed E-state index contributed by atoms with van der Waals surface area (Å²) in [6.07, 6.45) is -2.71. The Labute approximate surface area is 314 Å². The Balaban J connectivity index is 0.000000876. The zero-order valence-corrected chi connectivity index (χ0v) is 31.1. The molecule has 1 saturated carbocycles. The molecule has 2 aromatic heterocycles. The highest BCUT2D eigenvalue weighted by Crippen LogP contribution is 2.33. The molecule has 1 aliphatic rings. The molecule has 1 aliphatic carbocycles. The lowest BCUT2D eigenvalue weighted by Crippen LogP contribution is -2.52. The van der Waals surface area contributed by atoms with Crippen molar-refractivity contribution >= 4 is 40.5 Å². The van der Waals surface area contributed by atoms with Gasteiger partial charge in [-0.25, -0.2) is 14.6 Å². The van der Waals surface area contributed by atoms with Crippen molar-refractivity contribution in [2.45, 2.75) is 77.6 Å². The number of halogens is 3. The standard InChI is InChI=1S/C36H44N6O6.C2HF3O2/c1-21-27(16-17-31(39-21)47-5)24-10-6-22(7-11-24)18-30(32(37)43)42(26-14-15-28-29(19-26)40-41-33(28)44)34(45)25-12-8-23(9-13-25)20-38-35(46)48-36(2,3)4;3-2(4,5)1(6)7/h6-7,10-11,14-17,19,23,25,30H,8-9,12-13,18,20H2,1-5H3,(H2,37,43)(H,38,46)(H2,40,41,44);(H,6,7)/t23?,25?,30-;/m0./s1. The molecule has 4 aromatic rings. The highest BCUT2D eigenvalue weighted by molar-refractivity contribution is 6.03. The van der Waals surface area contributed by atoms with Crippen LogP contribution in [0.5, 0.6) is 5.88 Å². The summed E-state index contributed by atoms with van der Waals surface area (Å²) in [5, 5.41) is 15.8. The number of rotatable bonds is 10. The Kier molecular flexibility index (Phi) is 13.3. The lowest BCUT2D eigenvalue weighted by molar-refractivity contribution is -0.192. The zero-order valence-electron chi connectivity index (χ0n) is 31.1. The summed E-state index contributed by atoms with van der Waals surface area (Å²) in [7, 11) is 1.58. The highest BCUT2D eigenvalue weighted by Gasteiger charge is 2.38. The number of amides is 3. The number of anilines is 1. The molecule has 0 unspecified atom stereocenters. The van der Waals surface area contributed by atoms with E-state index in [2.05, 4.69) is 20.5 Å². The summed E-state index contributed by atoms with van der Waals surface area (Å²) in [4.78, 5) is 66.8. The van der Waals surface area contributed by atoms with Crippen LogP contribution in [0.25, 0.3) is 22.0 Å². The fourth-order valence-electron chi connectivity index (χ4n) is 6.31. The summed E-state index contributed by atoms with van der Waals surface area (Å²) < 4.78 is 42.3. The van der Waals surface area contributed by atoms with Gasteiger partial charge in [0, 0.05) is 41.9 Å². The van der Waals surface area contributed by atoms with Crippen LogP contribution < -0.4 is 26.2 Å². The number of aryl methyl sites for hydroxylation is 1. The first-order valence-corrected chi connectivity index (χ1v) is 17.5. The number of aromatic nitrogens is 3. The number of carbonyl (C=O) groups is 4. The summed E-state index contributed by atoms with van der Waals surface area (Å²) in [6, 6.07) is 15.5. The van der Waals surface area contributed by atoms with Gasteiger partial charge in [0.2, 0.25) is 17.7 Å². The molecule has 0 saturated heterocycles. The van der Waals surface area contributed by atoms with Crippen molar-refractivity contribution in [1.82, 2.24) is 20.5 Å². The quantitative estimate of drug-likeness (QED) is 0.135. The molecule has 2 aromatic carbocycles. The second kappa shape index (κ2) is 17.5. The number of aromatic amines is 2. The predicted molar refractivity (Wildman–Crippen MR) is 197 cm³/mol. The number of alkyl carbamates (subject to hydrolysis) is 1. The number of H-pyrrole nitrogens is 2. The third kappa shape index (κ3) is 11.3. The van der Waals surface area contributed by atoms with Crippen molar-refractivity contribution in [3.8, 4) is 17.0 Å². The molecular formula is C38H45F3N6O8. The minimum absolute atomic E-state index is 0.193. The van der Waals surface area contributed by atoms with E-state index in [9.17, 15) is 32.3 Å². The van der Waals surface area contributed by atoms with Gasteiger partial charge in [0.1, 0.15) is 11.6 Å². The maximum atomic E-state index is 14.4. The SMILES string of the molecule is COc1ccc(-c2ccc(C[C@@H](C(N)=O)N(C(=O)C3CCC(CNC(=O)OC(C)(C)C)CC3)c3ccc4c(=O)[nH][nH]c4c3)cc2)c(C)n1.O=C(O)C(F)(F)F. The molecule has 3 amide bonds. The molecule has 6 N–H and O–H groups in total. The molecule has 0 radical (unpaired) electrons. The summed E-state index contributed by atoms with van der Waals surface area (Å²) >= 11 is 0. The molecule has 1 atom stereocenters. The van der Waals surface area contributed by atoms with Gasteiger partial charge in [-0.2, -0.15) is 13.2 Å². The van der Waals surface area contributed by atoms with Crippen LogP contribution in [0.2, 0.25) is 0 Å². The number of pyridine rings is 1. The smallest absolute Gasteiger partial charge is 0.481 e. The van der Waals surface area contributed by atoms with Gasteiger partial charge >= 0.3 is 18.2 Å². The first-order chi connectivity index (χ1) is 25.8.